The van der Waals surface area contributed by atoms with Crippen molar-refractivity contribution in [2.45, 2.75) is 63.5 Å². The first kappa shape index (κ1) is 17.7. The third-order valence-electron chi connectivity index (χ3n) is 5.30. The maximum absolute atomic E-state index is 13.9. The second-order valence-electron chi connectivity index (χ2n) is 7.08. The zero-order chi connectivity index (χ0) is 16.9. The van der Waals surface area contributed by atoms with Crippen LogP contribution in [0.1, 0.15) is 61.7 Å². The monoisotopic (exact) mass is 352 g/mol. The number of carbonyl (C=O) groups is 1. The number of piperidine rings is 1. The van der Waals surface area contributed by atoms with Gasteiger partial charge in [-0.3, -0.25) is 9.69 Å². The Hall–Kier alpha value is -1.13. The van der Waals surface area contributed by atoms with Crippen LogP contribution in [0.4, 0.5) is 4.39 Å². The topological polar surface area (TPSA) is 32.3 Å². The molecule has 1 atom stereocenters. The number of benzene rings is 1. The summed E-state index contributed by atoms with van der Waals surface area (Å²) in [6.45, 7) is 1.99. The Balaban J connectivity index is 1.60. The molecule has 1 heterocycles. The Morgan fingerprint density at radius 2 is 1.88 bits per heavy atom. The van der Waals surface area contributed by atoms with Gasteiger partial charge in [0.25, 0.3) is 5.91 Å². The van der Waals surface area contributed by atoms with Gasteiger partial charge in [-0.2, -0.15) is 0 Å². The lowest BCUT2D eigenvalue weighted by Gasteiger charge is -2.38. The van der Waals surface area contributed by atoms with Crippen LogP contribution in [-0.4, -0.2) is 36.0 Å². The number of amides is 1. The molecule has 132 valence electrons. The molecule has 1 saturated heterocycles. The van der Waals surface area contributed by atoms with Gasteiger partial charge in [0.1, 0.15) is 5.82 Å². The van der Waals surface area contributed by atoms with Gasteiger partial charge in [-0.25, -0.2) is 4.39 Å². The summed E-state index contributed by atoms with van der Waals surface area (Å²) in [6.07, 6.45) is 9.89. The molecule has 2 fully saturated rings. The fraction of sp³-hybridized carbons (Fsp3) is 0.632. The molecule has 3 rings (SSSR count). The number of carbonyl (C=O) groups excluding carboxylic acids is 1. The molecule has 1 saturated carbocycles. The highest BCUT2D eigenvalue weighted by Crippen LogP contribution is 2.25. The average Bonchev–Trinajstić information content (AvgIpc) is 2.86. The van der Waals surface area contributed by atoms with Crippen molar-refractivity contribution in [3.8, 4) is 0 Å². The standard InChI is InChI=1S/C19H26ClFN2O/c20-14-9-10-18(21)17(12-14)19(24)22-15-6-5-11-23(13-15)16-7-3-1-2-4-8-16/h9-10,12,15-16H,1-8,11,13H2,(H,22,24). The SMILES string of the molecule is O=C(NC1CCCN(C2CCCCCC2)C1)c1cc(Cl)ccc1F. The summed E-state index contributed by atoms with van der Waals surface area (Å²) in [5.41, 5.74) is 0.0362. The molecule has 0 radical (unpaired) electrons. The fourth-order valence-electron chi connectivity index (χ4n) is 4.01. The second-order valence-corrected chi connectivity index (χ2v) is 7.51. The molecule has 1 aliphatic heterocycles. The van der Waals surface area contributed by atoms with E-state index in [-0.39, 0.29) is 17.5 Å². The minimum atomic E-state index is -0.520. The Morgan fingerprint density at radius 1 is 1.12 bits per heavy atom. The van der Waals surface area contributed by atoms with Crippen molar-refractivity contribution in [1.29, 1.82) is 0 Å². The Kier molecular flexibility index (Phi) is 6.12. The Labute approximate surface area is 148 Å². The van der Waals surface area contributed by atoms with E-state index in [1.54, 1.807) is 0 Å². The summed E-state index contributed by atoms with van der Waals surface area (Å²) in [7, 11) is 0. The number of hydrogen-bond donors (Lipinski definition) is 1. The molecule has 1 aromatic carbocycles. The minimum absolute atomic E-state index is 0.0362. The lowest BCUT2D eigenvalue weighted by Crippen LogP contribution is -2.51. The number of hydrogen-bond acceptors (Lipinski definition) is 2. The maximum Gasteiger partial charge on any atom is 0.254 e. The van der Waals surface area contributed by atoms with Crippen LogP contribution in [-0.2, 0) is 0 Å². The molecular weight excluding hydrogens is 327 g/mol. The third kappa shape index (κ3) is 4.48. The number of likely N-dealkylation sites (tertiary alicyclic amines) is 1. The van der Waals surface area contributed by atoms with E-state index in [4.69, 9.17) is 11.6 Å². The van der Waals surface area contributed by atoms with Gasteiger partial charge in [0.2, 0.25) is 0 Å². The molecule has 0 bridgehead atoms. The Morgan fingerprint density at radius 3 is 2.62 bits per heavy atom. The summed E-state index contributed by atoms with van der Waals surface area (Å²) in [4.78, 5) is 14.9. The molecule has 1 N–H and O–H groups in total. The molecular formula is C19H26ClFN2O. The van der Waals surface area contributed by atoms with Crippen molar-refractivity contribution in [3.63, 3.8) is 0 Å². The summed E-state index contributed by atoms with van der Waals surface area (Å²) < 4.78 is 13.9. The van der Waals surface area contributed by atoms with Gasteiger partial charge in [-0.15, -0.1) is 0 Å². The molecule has 0 spiro atoms. The molecule has 5 heteroatoms. The van der Waals surface area contributed by atoms with Crippen LogP contribution in [0.2, 0.25) is 5.02 Å². The van der Waals surface area contributed by atoms with Crippen LogP contribution >= 0.6 is 11.6 Å². The summed E-state index contributed by atoms with van der Waals surface area (Å²) >= 11 is 5.89. The molecule has 2 aliphatic rings. The highest BCUT2D eigenvalue weighted by Gasteiger charge is 2.27. The summed E-state index contributed by atoms with van der Waals surface area (Å²) in [5.74, 6) is -0.879. The van der Waals surface area contributed by atoms with Gasteiger partial charge >= 0.3 is 0 Å². The summed E-state index contributed by atoms with van der Waals surface area (Å²) in [6, 6.07) is 4.85. The highest BCUT2D eigenvalue weighted by atomic mass is 35.5. The first-order valence-electron chi connectivity index (χ1n) is 9.13. The van der Waals surface area contributed by atoms with Gasteiger partial charge in [-0.1, -0.05) is 37.3 Å². The molecule has 1 amide bonds. The van der Waals surface area contributed by atoms with Gasteiger partial charge < -0.3 is 5.32 Å². The molecule has 1 aromatic rings. The zero-order valence-corrected chi connectivity index (χ0v) is 14.8. The second kappa shape index (κ2) is 8.30. The van der Waals surface area contributed by atoms with Crippen molar-refractivity contribution in [2.24, 2.45) is 0 Å². The van der Waals surface area contributed by atoms with Crippen LogP contribution in [0.25, 0.3) is 0 Å². The lowest BCUT2D eigenvalue weighted by atomic mass is 9.99. The number of halogens is 2. The largest absolute Gasteiger partial charge is 0.348 e. The molecule has 1 aliphatic carbocycles. The van der Waals surface area contributed by atoms with Crippen LogP contribution in [0.15, 0.2) is 18.2 Å². The van der Waals surface area contributed by atoms with Crippen LogP contribution in [0.5, 0.6) is 0 Å². The number of nitrogens with zero attached hydrogens (tertiary/aromatic N) is 1. The number of rotatable bonds is 3. The molecule has 3 nitrogen and oxygen atoms in total. The van der Waals surface area contributed by atoms with E-state index in [0.29, 0.717) is 11.1 Å². The highest BCUT2D eigenvalue weighted by molar-refractivity contribution is 6.31. The molecule has 0 aromatic heterocycles. The smallest absolute Gasteiger partial charge is 0.254 e. The maximum atomic E-state index is 13.9. The van der Waals surface area contributed by atoms with Crippen LogP contribution in [0.3, 0.4) is 0 Å². The van der Waals surface area contributed by atoms with Gasteiger partial charge in [0.15, 0.2) is 0 Å². The predicted molar refractivity (Wildman–Crippen MR) is 95.0 cm³/mol. The van der Waals surface area contributed by atoms with Crippen molar-refractivity contribution < 1.29 is 9.18 Å². The average molecular weight is 353 g/mol. The van der Waals surface area contributed by atoms with E-state index in [9.17, 15) is 9.18 Å². The van der Waals surface area contributed by atoms with Crippen molar-refractivity contribution in [2.75, 3.05) is 13.1 Å². The van der Waals surface area contributed by atoms with E-state index < -0.39 is 5.82 Å². The fourth-order valence-corrected chi connectivity index (χ4v) is 4.19. The van der Waals surface area contributed by atoms with Gasteiger partial charge in [-0.05, 0) is 50.4 Å². The third-order valence-corrected chi connectivity index (χ3v) is 5.54. The predicted octanol–water partition coefficient (Wildman–Crippen LogP) is 4.40. The van der Waals surface area contributed by atoms with Crippen LogP contribution in [0, 0.1) is 5.82 Å². The number of nitrogens with one attached hydrogen (secondary N) is 1. The van der Waals surface area contributed by atoms with E-state index in [2.05, 4.69) is 10.2 Å². The van der Waals surface area contributed by atoms with Gasteiger partial charge in [0, 0.05) is 23.7 Å². The zero-order valence-electron chi connectivity index (χ0n) is 14.1. The van der Waals surface area contributed by atoms with Crippen molar-refractivity contribution >= 4 is 17.5 Å². The first-order valence-corrected chi connectivity index (χ1v) is 9.51. The first-order chi connectivity index (χ1) is 11.6. The van der Waals surface area contributed by atoms with E-state index in [1.165, 1.54) is 56.7 Å². The Bertz CT molecular complexity index is 572. The van der Waals surface area contributed by atoms with E-state index in [1.807, 2.05) is 0 Å². The van der Waals surface area contributed by atoms with Crippen molar-refractivity contribution in [1.82, 2.24) is 10.2 Å². The molecule has 1 unspecified atom stereocenters. The van der Waals surface area contributed by atoms with Crippen molar-refractivity contribution in [3.05, 3.63) is 34.6 Å². The summed E-state index contributed by atoms with van der Waals surface area (Å²) in [5, 5.41) is 3.39. The van der Waals surface area contributed by atoms with Crippen LogP contribution < -0.4 is 5.32 Å². The van der Waals surface area contributed by atoms with E-state index >= 15 is 0 Å². The van der Waals surface area contributed by atoms with E-state index in [0.717, 1.165) is 25.9 Å². The lowest BCUT2D eigenvalue weighted by molar-refractivity contribution is 0.0857. The van der Waals surface area contributed by atoms with Gasteiger partial charge in [0.05, 0.1) is 5.56 Å². The quantitative estimate of drug-likeness (QED) is 0.818. The minimum Gasteiger partial charge on any atom is -0.348 e. The molecule has 24 heavy (non-hydrogen) atoms. The normalized spacial score (nSPS) is 23.7.